The highest BCUT2D eigenvalue weighted by molar-refractivity contribution is 5.89. The van der Waals surface area contributed by atoms with Crippen molar-refractivity contribution in [2.45, 2.75) is 19.4 Å². The summed E-state index contributed by atoms with van der Waals surface area (Å²) in [5, 5.41) is 6.18. The second-order valence-electron chi connectivity index (χ2n) is 6.30. The number of hydrogen-bond acceptors (Lipinski definition) is 3. The highest BCUT2D eigenvalue weighted by atomic mass is 35.5. The minimum Gasteiger partial charge on any atom is -0.355 e. The first-order valence-electron chi connectivity index (χ1n) is 7.98. The fourth-order valence-electron chi connectivity index (χ4n) is 3.08. The molecule has 2 atom stereocenters. The standard InChI is InChI=1S/C17H23N3O2.ClH/c1-12(14-5-3-2-4-6-14)20-11-15(7-16(20)21)17(22)19-10-13-8-18-9-13;/h2-6,12-13,15,18H,7-11H2,1H3,(H,19,22);1H. The zero-order chi connectivity index (χ0) is 15.5. The fraction of sp³-hybridized carbons (Fsp3) is 0.529. The van der Waals surface area contributed by atoms with Crippen LogP contribution in [0.2, 0.25) is 0 Å². The first kappa shape index (κ1) is 17.8. The van der Waals surface area contributed by atoms with Crippen molar-refractivity contribution in [3.05, 3.63) is 35.9 Å². The number of rotatable bonds is 5. The van der Waals surface area contributed by atoms with Gasteiger partial charge in [-0.3, -0.25) is 9.59 Å². The summed E-state index contributed by atoms with van der Waals surface area (Å²) in [4.78, 5) is 26.3. The average molecular weight is 338 g/mol. The minimum atomic E-state index is -0.216. The zero-order valence-corrected chi connectivity index (χ0v) is 14.1. The lowest BCUT2D eigenvalue weighted by Gasteiger charge is -2.28. The van der Waals surface area contributed by atoms with Crippen molar-refractivity contribution in [2.24, 2.45) is 11.8 Å². The number of hydrogen-bond donors (Lipinski definition) is 2. The van der Waals surface area contributed by atoms with Crippen molar-refractivity contribution in [3.8, 4) is 0 Å². The number of amides is 2. The van der Waals surface area contributed by atoms with E-state index in [0.29, 0.717) is 25.4 Å². The van der Waals surface area contributed by atoms with Crippen molar-refractivity contribution in [2.75, 3.05) is 26.2 Å². The Morgan fingerprint density at radius 1 is 1.35 bits per heavy atom. The summed E-state index contributed by atoms with van der Waals surface area (Å²) in [5.41, 5.74) is 1.11. The van der Waals surface area contributed by atoms with E-state index in [1.165, 1.54) is 0 Å². The Bertz CT molecular complexity index is 548. The number of likely N-dealkylation sites (tertiary alicyclic amines) is 1. The summed E-state index contributed by atoms with van der Waals surface area (Å²) in [6.45, 7) is 5.20. The Hall–Kier alpha value is -1.59. The van der Waals surface area contributed by atoms with Gasteiger partial charge in [0.2, 0.25) is 11.8 Å². The molecule has 1 aromatic rings. The Morgan fingerprint density at radius 3 is 2.65 bits per heavy atom. The van der Waals surface area contributed by atoms with Crippen LogP contribution >= 0.6 is 12.4 Å². The predicted octanol–water partition coefficient (Wildman–Crippen LogP) is 1.35. The Kier molecular flexibility index (Phi) is 6.02. The van der Waals surface area contributed by atoms with Crippen LogP contribution in [-0.2, 0) is 9.59 Å². The van der Waals surface area contributed by atoms with Crippen molar-refractivity contribution in [3.63, 3.8) is 0 Å². The van der Waals surface area contributed by atoms with E-state index in [2.05, 4.69) is 10.6 Å². The maximum Gasteiger partial charge on any atom is 0.225 e. The summed E-state index contributed by atoms with van der Waals surface area (Å²) in [5.74, 6) is 0.414. The van der Waals surface area contributed by atoms with Crippen molar-refractivity contribution in [1.29, 1.82) is 0 Å². The normalized spacial score (nSPS) is 22.2. The molecular weight excluding hydrogens is 314 g/mol. The lowest BCUT2D eigenvalue weighted by molar-refractivity contribution is -0.130. The first-order valence-corrected chi connectivity index (χ1v) is 7.98. The maximum absolute atomic E-state index is 12.2. The van der Waals surface area contributed by atoms with Crippen LogP contribution in [0.4, 0.5) is 0 Å². The quantitative estimate of drug-likeness (QED) is 0.852. The predicted molar refractivity (Wildman–Crippen MR) is 91.3 cm³/mol. The second kappa shape index (κ2) is 7.79. The molecule has 3 rings (SSSR count). The molecule has 0 spiro atoms. The van der Waals surface area contributed by atoms with Gasteiger partial charge in [0.15, 0.2) is 0 Å². The van der Waals surface area contributed by atoms with Gasteiger partial charge in [0.25, 0.3) is 0 Å². The van der Waals surface area contributed by atoms with Gasteiger partial charge in [-0.1, -0.05) is 30.3 Å². The zero-order valence-electron chi connectivity index (χ0n) is 13.3. The van der Waals surface area contributed by atoms with E-state index in [9.17, 15) is 9.59 Å². The molecule has 0 radical (unpaired) electrons. The molecular formula is C17H24ClN3O2. The third-order valence-electron chi connectivity index (χ3n) is 4.71. The molecule has 23 heavy (non-hydrogen) atoms. The molecule has 5 nitrogen and oxygen atoms in total. The van der Waals surface area contributed by atoms with Crippen LogP contribution in [0.15, 0.2) is 30.3 Å². The highest BCUT2D eigenvalue weighted by Crippen LogP contribution is 2.28. The second-order valence-corrected chi connectivity index (χ2v) is 6.30. The lowest BCUT2D eigenvalue weighted by Crippen LogP contribution is -2.49. The van der Waals surface area contributed by atoms with Crippen LogP contribution in [0.25, 0.3) is 0 Å². The van der Waals surface area contributed by atoms with Gasteiger partial charge in [-0.25, -0.2) is 0 Å². The molecule has 1 aromatic carbocycles. The van der Waals surface area contributed by atoms with Gasteiger partial charge in [-0.2, -0.15) is 0 Å². The van der Waals surface area contributed by atoms with Gasteiger partial charge in [0, 0.05) is 38.5 Å². The third kappa shape index (κ3) is 4.03. The van der Waals surface area contributed by atoms with Crippen LogP contribution in [0.1, 0.15) is 24.9 Å². The summed E-state index contributed by atoms with van der Waals surface area (Å²) < 4.78 is 0. The fourth-order valence-corrected chi connectivity index (χ4v) is 3.08. The van der Waals surface area contributed by atoms with E-state index in [0.717, 1.165) is 18.7 Å². The highest BCUT2D eigenvalue weighted by Gasteiger charge is 2.37. The number of halogens is 1. The van der Waals surface area contributed by atoms with Crippen LogP contribution < -0.4 is 10.6 Å². The summed E-state index contributed by atoms with van der Waals surface area (Å²) in [6, 6.07) is 9.98. The maximum atomic E-state index is 12.2. The molecule has 0 aliphatic carbocycles. The third-order valence-corrected chi connectivity index (χ3v) is 4.71. The molecule has 2 aliphatic heterocycles. The molecule has 2 amide bonds. The van der Waals surface area contributed by atoms with Crippen LogP contribution in [0.3, 0.4) is 0 Å². The number of nitrogens with zero attached hydrogens (tertiary/aromatic N) is 1. The number of carbonyl (C=O) groups is 2. The molecule has 2 N–H and O–H groups in total. The van der Waals surface area contributed by atoms with Crippen LogP contribution in [0.5, 0.6) is 0 Å². The summed E-state index contributed by atoms with van der Waals surface area (Å²) >= 11 is 0. The molecule has 6 heteroatoms. The molecule has 0 bridgehead atoms. The Balaban J connectivity index is 0.00000192. The molecule has 2 heterocycles. The van der Waals surface area contributed by atoms with E-state index in [1.807, 2.05) is 42.2 Å². The van der Waals surface area contributed by atoms with Gasteiger partial charge >= 0.3 is 0 Å². The van der Waals surface area contributed by atoms with E-state index in [4.69, 9.17) is 0 Å². The molecule has 2 saturated heterocycles. The molecule has 2 unspecified atom stereocenters. The number of nitrogens with one attached hydrogen (secondary N) is 2. The van der Waals surface area contributed by atoms with E-state index in [-0.39, 0.29) is 36.2 Å². The van der Waals surface area contributed by atoms with Gasteiger partial charge in [0.1, 0.15) is 0 Å². The van der Waals surface area contributed by atoms with E-state index < -0.39 is 0 Å². The summed E-state index contributed by atoms with van der Waals surface area (Å²) in [6.07, 6.45) is 0.325. The Labute approximate surface area is 143 Å². The Morgan fingerprint density at radius 2 is 2.04 bits per heavy atom. The van der Waals surface area contributed by atoms with Gasteiger partial charge in [-0.05, 0) is 12.5 Å². The van der Waals surface area contributed by atoms with E-state index in [1.54, 1.807) is 0 Å². The SMILES string of the molecule is CC(c1ccccc1)N1CC(C(=O)NCC2CNC2)CC1=O.Cl. The molecule has 0 saturated carbocycles. The van der Waals surface area contributed by atoms with Crippen LogP contribution in [0, 0.1) is 11.8 Å². The largest absolute Gasteiger partial charge is 0.355 e. The summed E-state index contributed by atoms with van der Waals surface area (Å²) in [7, 11) is 0. The van der Waals surface area contributed by atoms with Crippen molar-refractivity contribution >= 4 is 24.2 Å². The number of benzene rings is 1. The first-order chi connectivity index (χ1) is 10.6. The molecule has 126 valence electrons. The minimum absolute atomic E-state index is 0. The molecule has 0 aromatic heterocycles. The smallest absolute Gasteiger partial charge is 0.225 e. The van der Waals surface area contributed by atoms with Gasteiger partial charge in [0.05, 0.1) is 12.0 Å². The monoisotopic (exact) mass is 337 g/mol. The van der Waals surface area contributed by atoms with Crippen LogP contribution in [-0.4, -0.2) is 42.9 Å². The average Bonchev–Trinajstić information content (AvgIpc) is 2.88. The van der Waals surface area contributed by atoms with E-state index >= 15 is 0 Å². The van der Waals surface area contributed by atoms with Gasteiger partial charge < -0.3 is 15.5 Å². The van der Waals surface area contributed by atoms with Crippen molar-refractivity contribution in [1.82, 2.24) is 15.5 Å². The lowest BCUT2D eigenvalue weighted by atomic mass is 10.0. The topological polar surface area (TPSA) is 61.4 Å². The number of carbonyl (C=O) groups excluding carboxylic acids is 2. The molecule has 2 aliphatic rings. The van der Waals surface area contributed by atoms with Crippen molar-refractivity contribution < 1.29 is 9.59 Å². The molecule has 2 fully saturated rings. The van der Waals surface area contributed by atoms with Gasteiger partial charge in [-0.15, -0.1) is 12.4 Å².